The van der Waals surface area contributed by atoms with Gasteiger partial charge in [0.2, 0.25) is 5.91 Å². The van der Waals surface area contributed by atoms with Crippen LogP contribution in [0.2, 0.25) is 0 Å². The zero-order valence-electron chi connectivity index (χ0n) is 9.71. The normalized spacial score (nSPS) is 34.3. The molecular formula is C12H21NOS. The van der Waals surface area contributed by atoms with Crippen LogP contribution in [-0.2, 0) is 4.79 Å². The second kappa shape index (κ2) is 4.36. The van der Waals surface area contributed by atoms with Crippen LogP contribution in [0, 0.1) is 11.3 Å². The van der Waals surface area contributed by atoms with Gasteiger partial charge in [-0.15, -0.1) is 0 Å². The lowest BCUT2D eigenvalue weighted by molar-refractivity contribution is -0.124. The van der Waals surface area contributed by atoms with Gasteiger partial charge in [-0.1, -0.05) is 13.8 Å². The zero-order valence-corrected chi connectivity index (χ0v) is 10.5. The molecule has 86 valence electrons. The van der Waals surface area contributed by atoms with E-state index in [2.05, 4.69) is 19.2 Å². The van der Waals surface area contributed by atoms with E-state index in [1.165, 1.54) is 12.8 Å². The van der Waals surface area contributed by atoms with E-state index in [0.29, 0.717) is 23.3 Å². The molecule has 2 atom stereocenters. The molecule has 0 aromatic heterocycles. The number of amides is 1. The lowest BCUT2D eigenvalue weighted by Crippen LogP contribution is -2.38. The molecule has 1 heterocycles. The van der Waals surface area contributed by atoms with Crippen LogP contribution < -0.4 is 5.32 Å². The highest BCUT2D eigenvalue weighted by Gasteiger charge is 2.33. The molecule has 1 saturated carbocycles. The summed E-state index contributed by atoms with van der Waals surface area (Å²) >= 11 is 1.91. The van der Waals surface area contributed by atoms with Crippen molar-refractivity contribution in [1.82, 2.24) is 5.32 Å². The summed E-state index contributed by atoms with van der Waals surface area (Å²) in [7, 11) is 0. The SMILES string of the molecule is CC1(C)CCC(NC(=O)C2CCSC2)C1. The third kappa shape index (κ3) is 2.90. The second-order valence-electron chi connectivity index (χ2n) is 5.67. The van der Waals surface area contributed by atoms with Crippen LogP contribution in [0.25, 0.3) is 0 Å². The fraction of sp³-hybridized carbons (Fsp3) is 0.917. The summed E-state index contributed by atoms with van der Waals surface area (Å²) < 4.78 is 0. The Kier molecular flexibility index (Phi) is 3.29. The summed E-state index contributed by atoms with van der Waals surface area (Å²) in [5.41, 5.74) is 0.433. The summed E-state index contributed by atoms with van der Waals surface area (Å²) in [6.45, 7) is 4.59. The monoisotopic (exact) mass is 227 g/mol. The molecule has 1 aliphatic carbocycles. The highest BCUT2D eigenvalue weighted by Crippen LogP contribution is 2.37. The van der Waals surface area contributed by atoms with Crippen LogP contribution >= 0.6 is 11.8 Å². The van der Waals surface area contributed by atoms with Crippen molar-refractivity contribution in [3.8, 4) is 0 Å². The Hall–Kier alpha value is -0.180. The number of carbonyl (C=O) groups is 1. The maximum atomic E-state index is 11.9. The predicted octanol–water partition coefficient (Wildman–Crippen LogP) is 2.43. The molecule has 0 spiro atoms. The molecule has 15 heavy (non-hydrogen) atoms. The molecular weight excluding hydrogens is 206 g/mol. The Bertz CT molecular complexity index is 246. The molecule has 2 unspecified atom stereocenters. The van der Waals surface area contributed by atoms with Crippen molar-refractivity contribution in [3.05, 3.63) is 0 Å². The van der Waals surface area contributed by atoms with Gasteiger partial charge < -0.3 is 5.32 Å². The van der Waals surface area contributed by atoms with Crippen LogP contribution in [0.15, 0.2) is 0 Å². The minimum Gasteiger partial charge on any atom is -0.353 e. The molecule has 0 aromatic rings. The molecule has 2 nitrogen and oxygen atoms in total. The zero-order chi connectivity index (χ0) is 10.9. The molecule has 2 rings (SSSR count). The number of nitrogens with one attached hydrogen (secondary N) is 1. The maximum Gasteiger partial charge on any atom is 0.224 e. The summed E-state index contributed by atoms with van der Waals surface area (Å²) in [5.74, 6) is 2.79. The number of thioether (sulfide) groups is 1. The Balaban J connectivity index is 1.79. The minimum atomic E-state index is 0.290. The van der Waals surface area contributed by atoms with E-state index in [1.807, 2.05) is 11.8 Å². The van der Waals surface area contributed by atoms with Crippen molar-refractivity contribution in [1.29, 1.82) is 0 Å². The topological polar surface area (TPSA) is 29.1 Å². The molecule has 0 bridgehead atoms. The molecule has 2 aliphatic rings. The van der Waals surface area contributed by atoms with Gasteiger partial charge in [-0.2, -0.15) is 11.8 Å². The molecule has 1 aliphatic heterocycles. The minimum absolute atomic E-state index is 0.290. The van der Waals surface area contributed by atoms with E-state index < -0.39 is 0 Å². The van der Waals surface area contributed by atoms with Gasteiger partial charge in [-0.05, 0) is 36.9 Å². The van der Waals surface area contributed by atoms with E-state index in [9.17, 15) is 4.79 Å². The van der Waals surface area contributed by atoms with Gasteiger partial charge in [0.25, 0.3) is 0 Å². The highest BCUT2D eigenvalue weighted by atomic mass is 32.2. The van der Waals surface area contributed by atoms with Crippen molar-refractivity contribution >= 4 is 17.7 Å². The van der Waals surface area contributed by atoms with Crippen LogP contribution in [0.3, 0.4) is 0 Å². The van der Waals surface area contributed by atoms with Crippen LogP contribution in [-0.4, -0.2) is 23.5 Å². The third-order valence-electron chi connectivity index (χ3n) is 3.62. The number of rotatable bonds is 2. The molecule has 1 amide bonds. The van der Waals surface area contributed by atoms with Gasteiger partial charge in [-0.3, -0.25) is 4.79 Å². The van der Waals surface area contributed by atoms with Crippen LogP contribution in [0.5, 0.6) is 0 Å². The summed E-state index contributed by atoms with van der Waals surface area (Å²) in [4.78, 5) is 11.9. The van der Waals surface area contributed by atoms with Gasteiger partial charge in [0.15, 0.2) is 0 Å². The van der Waals surface area contributed by atoms with E-state index >= 15 is 0 Å². The summed E-state index contributed by atoms with van der Waals surface area (Å²) in [5, 5.41) is 3.22. The smallest absolute Gasteiger partial charge is 0.224 e. The molecule has 3 heteroatoms. The second-order valence-corrected chi connectivity index (χ2v) is 6.82. The molecule has 0 aromatic carbocycles. The number of hydrogen-bond acceptors (Lipinski definition) is 2. The first kappa shape index (κ1) is 11.3. The van der Waals surface area contributed by atoms with Crippen molar-refractivity contribution in [3.63, 3.8) is 0 Å². The quantitative estimate of drug-likeness (QED) is 0.785. The lowest BCUT2D eigenvalue weighted by Gasteiger charge is -2.19. The van der Waals surface area contributed by atoms with E-state index in [-0.39, 0.29) is 0 Å². The van der Waals surface area contributed by atoms with E-state index in [1.54, 1.807) is 0 Å². The Morgan fingerprint density at radius 1 is 1.40 bits per heavy atom. The lowest BCUT2D eigenvalue weighted by atomic mass is 9.92. The van der Waals surface area contributed by atoms with Crippen molar-refractivity contribution < 1.29 is 4.79 Å². The first-order valence-electron chi connectivity index (χ1n) is 5.95. The van der Waals surface area contributed by atoms with E-state index in [4.69, 9.17) is 0 Å². The fourth-order valence-electron chi connectivity index (χ4n) is 2.62. The van der Waals surface area contributed by atoms with Gasteiger partial charge in [0, 0.05) is 17.7 Å². The van der Waals surface area contributed by atoms with Crippen molar-refractivity contribution in [2.24, 2.45) is 11.3 Å². The standard InChI is InChI=1S/C12H21NOS/c1-12(2)5-3-10(7-12)13-11(14)9-4-6-15-8-9/h9-10H,3-8H2,1-2H3,(H,13,14). The highest BCUT2D eigenvalue weighted by molar-refractivity contribution is 7.99. The molecule has 1 N–H and O–H groups in total. The van der Waals surface area contributed by atoms with Crippen LogP contribution in [0.4, 0.5) is 0 Å². The first-order valence-corrected chi connectivity index (χ1v) is 7.10. The third-order valence-corrected chi connectivity index (χ3v) is 4.78. The Labute approximate surface area is 96.6 Å². The van der Waals surface area contributed by atoms with Crippen molar-refractivity contribution in [2.75, 3.05) is 11.5 Å². The Morgan fingerprint density at radius 2 is 2.20 bits per heavy atom. The predicted molar refractivity (Wildman–Crippen MR) is 65.0 cm³/mol. The maximum absolute atomic E-state index is 11.9. The van der Waals surface area contributed by atoms with Gasteiger partial charge in [0.1, 0.15) is 0 Å². The van der Waals surface area contributed by atoms with E-state index in [0.717, 1.165) is 24.3 Å². The summed E-state index contributed by atoms with van der Waals surface area (Å²) in [6, 6.07) is 0.443. The fourth-order valence-corrected chi connectivity index (χ4v) is 3.84. The number of carbonyl (C=O) groups excluding carboxylic acids is 1. The average Bonchev–Trinajstić information content (AvgIpc) is 2.74. The number of hydrogen-bond donors (Lipinski definition) is 1. The van der Waals surface area contributed by atoms with Gasteiger partial charge in [0.05, 0.1) is 0 Å². The average molecular weight is 227 g/mol. The molecule has 2 fully saturated rings. The first-order chi connectivity index (χ1) is 7.07. The molecule has 0 radical (unpaired) electrons. The van der Waals surface area contributed by atoms with Gasteiger partial charge >= 0.3 is 0 Å². The largest absolute Gasteiger partial charge is 0.353 e. The van der Waals surface area contributed by atoms with Gasteiger partial charge in [-0.25, -0.2) is 0 Å². The van der Waals surface area contributed by atoms with Crippen LogP contribution in [0.1, 0.15) is 39.5 Å². The Morgan fingerprint density at radius 3 is 2.73 bits per heavy atom. The molecule has 1 saturated heterocycles. The summed E-state index contributed by atoms with van der Waals surface area (Å²) in [6.07, 6.45) is 4.64. The van der Waals surface area contributed by atoms with Crippen molar-refractivity contribution in [2.45, 2.75) is 45.6 Å².